The molecule has 236 valence electrons. The fourth-order valence-corrected chi connectivity index (χ4v) is 5.57. The van der Waals surface area contributed by atoms with Crippen molar-refractivity contribution in [1.29, 1.82) is 0 Å². The molecule has 1 aliphatic rings. The predicted molar refractivity (Wildman–Crippen MR) is 173 cm³/mol. The molecule has 1 fully saturated rings. The van der Waals surface area contributed by atoms with E-state index in [9.17, 15) is 10.1 Å². The van der Waals surface area contributed by atoms with Gasteiger partial charge in [0.1, 0.15) is 24.4 Å². The fourth-order valence-electron chi connectivity index (χ4n) is 5.57. The molecule has 4 aromatic carbocycles. The van der Waals surface area contributed by atoms with E-state index in [-0.39, 0.29) is 16.7 Å². The van der Waals surface area contributed by atoms with Crippen LogP contribution in [-0.4, -0.2) is 39.4 Å². The van der Waals surface area contributed by atoms with Gasteiger partial charge in [-0.15, -0.1) is 0 Å². The lowest BCUT2D eigenvalue weighted by Crippen LogP contribution is -2.37. The lowest BCUT2D eigenvalue weighted by Gasteiger charge is -2.25. The number of benzene rings is 4. The molecule has 1 saturated heterocycles. The van der Waals surface area contributed by atoms with E-state index >= 15 is 0 Å². The van der Waals surface area contributed by atoms with E-state index in [1.807, 2.05) is 102 Å². The first-order chi connectivity index (χ1) is 22.6. The highest BCUT2D eigenvalue weighted by atomic mass is 16.6. The second-order valence-corrected chi connectivity index (χ2v) is 11.3. The summed E-state index contributed by atoms with van der Waals surface area (Å²) >= 11 is 0. The number of aromatic nitrogens is 2. The van der Waals surface area contributed by atoms with Crippen molar-refractivity contribution in [1.82, 2.24) is 9.55 Å². The van der Waals surface area contributed by atoms with E-state index in [1.165, 1.54) is 12.1 Å². The van der Waals surface area contributed by atoms with Gasteiger partial charge in [0, 0.05) is 24.9 Å². The van der Waals surface area contributed by atoms with Crippen LogP contribution >= 0.6 is 0 Å². The van der Waals surface area contributed by atoms with Gasteiger partial charge in [-0.1, -0.05) is 103 Å². The van der Waals surface area contributed by atoms with Crippen LogP contribution in [0.4, 0.5) is 5.69 Å². The minimum Gasteiger partial charge on any atom is -0.374 e. The summed E-state index contributed by atoms with van der Waals surface area (Å²) < 4.78 is 28.1. The third-order valence-corrected chi connectivity index (χ3v) is 8.02. The van der Waals surface area contributed by atoms with Gasteiger partial charge in [-0.3, -0.25) is 10.1 Å². The molecule has 0 spiro atoms. The molecule has 0 N–H and O–H groups in total. The molecular weight excluding hydrogens is 582 g/mol. The van der Waals surface area contributed by atoms with Crippen LogP contribution in [0.25, 0.3) is 0 Å². The van der Waals surface area contributed by atoms with Crippen LogP contribution < -0.4 is 0 Å². The van der Waals surface area contributed by atoms with Gasteiger partial charge in [-0.2, -0.15) is 0 Å². The topological polar surface area (TPSA) is 97.9 Å². The van der Waals surface area contributed by atoms with Crippen LogP contribution in [0.3, 0.4) is 0 Å². The van der Waals surface area contributed by atoms with Gasteiger partial charge in [-0.05, 0) is 28.7 Å². The molecule has 0 radical (unpaired) electrons. The molecule has 0 saturated carbocycles. The zero-order chi connectivity index (χ0) is 31.6. The van der Waals surface area contributed by atoms with Crippen molar-refractivity contribution < 1.29 is 23.9 Å². The Hall–Kier alpha value is -4.67. The Bertz CT molecular complexity index is 1650. The molecule has 6 rings (SSSR count). The van der Waals surface area contributed by atoms with Gasteiger partial charge in [-0.25, -0.2) is 4.98 Å². The Balaban J connectivity index is 1.20. The van der Waals surface area contributed by atoms with Gasteiger partial charge in [0.25, 0.3) is 5.69 Å². The van der Waals surface area contributed by atoms with E-state index in [4.69, 9.17) is 23.9 Å². The van der Waals surface area contributed by atoms with Gasteiger partial charge in [0.05, 0.1) is 43.4 Å². The number of nitro groups is 1. The number of non-ortho nitro benzene ring substituents is 1. The minimum atomic E-state index is -0.476. The highest BCUT2D eigenvalue weighted by Crippen LogP contribution is 2.38. The van der Waals surface area contributed by atoms with Gasteiger partial charge >= 0.3 is 0 Å². The van der Waals surface area contributed by atoms with Crippen molar-refractivity contribution >= 4 is 5.69 Å². The normalized spacial score (nSPS) is 19.3. The minimum absolute atomic E-state index is 0.0833. The number of imidazole rings is 1. The van der Waals surface area contributed by atoms with Crippen molar-refractivity contribution in [3.05, 3.63) is 166 Å². The number of hydrogen-bond donors (Lipinski definition) is 0. The number of hydrogen-bond acceptors (Lipinski definition) is 7. The first-order valence-corrected chi connectivity index (χ1v) is 15.5. The van der Waals surface area contributed by atoms with Gasteiger partial charge in [0.2, 0.25) is 0 Å². The lowest BCUT2D eigenvalue weighted by molar-refractivity contribution is -0.384. The van der Waals surface area contributed by atoms with Gasteiger partial charge in [0.15, 0.2) is 0 Å². The molecule has 9 nitrogen and oxygen atoms in total. The Morgan fingerprint density at radius 1 is 0.717 bits per heavy atom. The zero-order valence-corrected chi connectivity index (χ0v) is 25.5. The highest BCUT2D eigenvalue weighted by molar-refractivity contribution is 5.33. The summed E-state index contributed by atoms with van der Waals surface area (Å²) in [5, 5.41) is 11.0. The summed E-state index contributed by atoms with van der Waals surface area (Å²) in [5.41, 5.74) is 5.04. The van der Waals surface area contributed by atoms with Crippen LogP contribution in [0.15, 0.2) is 128 Å². The van der Waals surface area contributed by atoms with Crippen LogP contribution in [-0.2, 0) is 51.7 Å². The molecule has 0 amide bonds. The average molecular weight is 620 g/mol. The molecular formula is C37H37N3O6. The Kier molecular flexibility index (Phi) is 10.6. The van der Waals surface area contributed by atoms with E-state index < -0.39 is 18.3 Å². The largest absolute Gasteiger partial charge is 0.374 e. The van der Waals surface area contributed by atoms with Crippen molar-refractivity contribution in [3.8, 4) is 0 Å². The monoisotopic (exact) mass is 619 g/mol. The molecule has 5 aromatic rings. The summed E-state index contributed by atoms with van der Waals surface area (Å²) in [6.45, 7) is 2.26. The first-order valence-electron chi connectivity index (χ1n) is 15.5. The Morgan fingerprint density at radius 3 is 1.87 bits per heavy atom. The van der Waals surface area contributed by atoms with Crippen molar-refractivity contribution in [2.75, 3.05) is 6.61 Å². The van der Waals surface area contributed by atoms with E-state index in [0.29, 0.717) is 39.4 Å². The summed E-state index contributed by atoms with van der Waals surface area (Å²) in [5.74, 6) is 0. The van der Waals surface area contributed by atoms with E-state index in [0.717, 1.165) is 27.9 Å². The van der Waals surface area contributed by atoms with Crippen LogP contribution in [0, 0.1) is 10.1 Å². The SMILES string of the molecule is O=[N+]([O-])c1ccc(CCn2cnc([C@@H]3O[C@H](COCc4ccccc4)[C@@H](OCc4ccccc4)[C@H]3OCc3ccccc3)c2)cc1. The van der Waals surface area contributed by atoms with Gasteiger partial charge < -0.3 is 23.5 Å². The first kappa shape index (κ1) is 31.3. The average Bonchev–Trinajstić information content (AvgIpc) is 3.71. The Morgan fingerprint density at radius 2 is 1.28 bits per heavy atom. The van der Waals surface area contributed by atoms with Crippen LogP contribution in [0.1, 0.15) is 34.1 Å². The standard InChI is InChI=1S/C37H37N3O6/c41-40(42)32-18-16-28(17-19-32)20-21-39-22-33(38-27-39)35-37(45-25-31-14-8-3-9-15-31)36(44-24-30-12-6-2-7-13-30)34(46-35)26-43-23-29-10-4-1-5-11-29/h1-19,22,27,34-37H,20-21,23-26H2/t34-,35+,36-,37+/m1/s1. The van der Waals surface area contributed by atoms with Crippen molar-refractivity contribution in [3.63, 3.8) is 0 Å². The molecule has 0 unspecified atom stereocenters. The molecule has 1 aliphatic heterocycles. The predicted octanol–water partition coefficient (Wildman–Crippen LogP) is 6.86. The number of nitrogens with zero attached hydrogens (tertiary/aromatic N) is 3. The molecule has 2 heterocycles. The summed E-state index contributed by atoms with van der Waals surface area (Å²) in [4.78, 5) is 15.4. The lowest BCUT2D eigenvalue weighted by atomic mass is 10.0. The van der Waals surface area contributed by atoms with E-state index in [1.54, 1.807) is 18.5 Å². The summed E-state index contributed by atoms with van der Waals surface area (Å²) in [6.07, 6.45) is 2.76. The third-order valence-electron chi connectivity index (χ3n) is 8.02. The summed E-state index contributed by atoms with van der Waals surface area (Å²) in [7, 11) is 0. The number of aryl methyl sites for hydroxylation is 2. The second kappa shape index (κ2) is 15.6. The van der Waals surface area contributed by atoms with Crippen LogP contribution in [0.5, 0.6) is 0 Å². The maximum Gasteiger partial charge on any atom is 0.269 e. The third kappa shape index (κ3) is 8.32. The molecule has 1 aromatic heterocycles. The maximum absolute atomic E-state index is 11.0. The highest BCUT2D eigenvalue weighted by Gasteiger charge is 2.48. The van der Waals surface area contributed by atoms with Crippen molar-refractivity contribution in [2.45, 2.75) is 57.2 Å². The number of ether oxygens (including phenoxy) is 4. The van der Waals surface area contributed by atoms with E-state index in [2.05, 4.69) is 0 Å². The molecule has 9 heteroatoms. The maximum atomic E-state index is 11.0. The van der Waals surface area contributed by atoms with Crippen molar-refractivity contribution in [2.24, 2.45) is 0 Å². The smallest absolute Gasteiger partial charge is 0.269 e. The Labute approximate surface area is 268 Å². The molecule has 0 bridgehead atoms. The second-order valence-electron chi connectivity index (χ2n) is 11.3. The molecule has 4 atom stereocenters. The molecule has 46 heavy (non-hydrogen) atoms. The fraction of sp³-hybridized carbons (Fsp3) is 0.270. The number of rotatable bonds is 15. The quantitative estimate of drug-likeness (QED) is 0.0933. The molecule has 0 aliphatic carbocycles. The number of nitro benzene ring substituents is 1. The van der Waals surface area contributed by atoms with Crippen LogP contribution in [0.2, 0.25) is 0 Å². The zero-order valence-electron chi connectivity index (χ0n) is 25.5. The summed E-state index contributed by atoms with van der Waals surface area (Å²) in [6, 6.07) is 36.8.